The van der Waals surface area contributed by atoms with Gasteiger partial charge in [0.25, 0.3) is 0 Å². The third-order valence-electron chi connectivity index (χ3n) is 4.97. The molecule has 0 spiro atoms. The highest BCUT2D eigenvalue weighted by Crippen LogP contribution is 2.44. The fraction of sp³-hybridized carbons (Fsp3) is 0.450. The van der Waals surface area contributed by atoms with Crippen LogP contribution in [0, 0.1) is 6.92 Å². The average Bonchev–Trinajstić information content (AvgIpc) is 2.93. The third kappa shape index (κ3) is 2.92. The lowest BCUT2D eigenvalue weighted by Crippen LogP contribution is -2.28. The summed E-state index contributed by atoms with van der Waals surface area (Å²) in [5.74, 6) is 1.39. The molecule has 0 amide bonds. The van der Waals surface area contributed by atoms with Gasteiger partial charge in [0, 0.05) is 43.6 Å². The highest BCUT2D eigenvalue weighted by atomic mass is 16.5. The largest absolute Gasteiger partial charge is 0.496 e. The molecule has 1 atom stereocenters. The zero-order valence-electron chi connectivity index (χ0n) is 15.0. The van der Waals surface area contributed by atoms with Crippen molar-refractivity contribution in [1.82, 2.24) is 9.88 Å². The number of nitrogens with two attached hydrogens (primary N) is 1. The molecule has 0 saturated carbocycles. The van der Waals surface area contributed by atoms with Crippen molar-refractivity contribution in [2.45, 2.75) is 45.8 Å². The molecule has 1 aliphatic heterocycles. The first-order valence-corrected chi connectivity index (χ1v) is 8.60. The number of hydrogen-bond donors (Lipinski definition) is 1. The summed E-state index contributed by atoms with van der Waals surface area (Å²) in [5, 5.41) is 0. The predicted molar refractivity (Wildman–Crippen MR) is 97.1 cm³/mol. The van der Waals surface area contributed by atoms with Crippen LogP contribution in [-0.2, 0) is 13.1 Å². The van der Waals surface area contributed by atoms with Crippen LogP contribution >= 0.6 is 0 Å². The van der Waals surface area contributed by atoms with E-state index in [1.807, 2.05) is 18.5 Å². The lowest BCUT2D eigenvalue weighted by atomic mass is 9.88. The maximum atomic E-state index is 6.21. The number of ether oxygens (including phenoxy) is 1. The van der Waals surface area contributed by atoms with Crippen LogP contribution in [-0.4, -0.2) is 23.5 Å². The van der Waals surface area contributed by atoms with Crippen LogP contribution in [0.5, 0.6) is 5.75 Å². The molecular weight excluding hydrogens is 298 g/mol. The Morgan fingerprint density at radius 2 is 2.21 bits per heavy atom. The fourth-order valence-corrected chi connectivity index (χ4v) is 3.88. The molecule has 3 rings (SSSR count). The van der Waals surface area contributed by atoms with Gasteiger partial charge in [-0.15, -0.1) is 0 Å². The van der Waals surface area contributed by atoms with Crippen LogP contribution in [0.15, 0.2) is 30.6 Å². The molecule has 0 aliphatic carbocycles. The standard InChI is InChI=1S/C20H27N3O/c1-13(2)19-18(24-4)8-14(3)16-12-23(17(9-21)20(16)19)11-15-6-5-7-22-10-15/h5-8,10,13,17H,9,11-12,21H2,1-4H3. The van der Waals surface area contributed by atoms with Crippen molar-refractivity contribution < 1.29 is 4.74 Å². The Kier molecular flexibility index (Phi) is 4.88. The molecule has 1 aromatic carbocycles. The molecule has 1 aliphatic rings. The SMILES string of the molecule is COc1cc(C)c2c(c1C(C)C)C(CN)N(Cc1cccnc1)C2. The van der Waals surface area contributed by atoms with Gasteiger partial charge in [-0.1, -0.05) is 19.9 Å². The smallest absolute Gasteiger partial charge is 0.122 e. The van der Waals surface area contributed by atoms with Crippen molar-refractivity contribution in [1.29, 1.82) is 0 Å². The van der Waals surface area contributed by atoms with E-state index in [2.05, 4.69) is 42.8 Å². The molecular formula is C20H27N3O. The Morgan fingerprint density at radius 1 is 1.42 bits per heavy atom. The Balaban J connectivity index is 2.04. The molecule has 0 bridgehead atoms. The lowest BCUT2D eigenvalue weighted by Gasteiger charge is -2.26. The van der Waals surface area contributed by atoms with Crippen molar-refractivity contribution in [3.63, 3.8) is 0 Å². The number of aromatic nitrogens is 1. The molecule has 2 heterocycles. The predicted octanol–water partition coefficient (Wildman–Crippen LogP) is 3.54. The first kappa shape index (κ1) is 16.9. The summed E-state index contributed by atoms with van der Waals surface area (Å²) >= 11 is 0. The third-order valence-corrected chi connectivity index (χ3v) is 4.97. The number of benzene rings is 1. The van der Waals surface area contributed by atoms with Gasteiger partial charge >= 0.3 is 0 Å². The van der Waals surface area contributed by atoms with Gasteiger partial charge in [-0.3, -0.25) is 9.88 Å². The zero-order chi connectivity index (χ0) is 17.3. The van der Waals surface area contributed by atoms with Crippen molar-refractivity contribution >= 4 is 0 Å². The Hall–Kier alpha value is -1.91. The maximum Gasteiger partial charge on any atom is 0.122 e. The van der Waals surface area contributed by atoms with Crippen LogP contribution in [0.2, 0.25) is 0 Å². The number of nitrogens with zero attached hydrogens (tertiary/aromatic N) is 2. The Labute approximate surface area is 144 Å². The van der Waals surface area contributed by atoms with Crippen molar-refractivity contribution in [3.05, 3.63) is 58.4 Å². The molecule has 1 aromatic heterocycles. The summed E-state index contributed by atoms with van der Waals surface area (Å²) in [6, 6.07) is 6.52. The van der Waals surface area contributed by atoms with Crippen molar-refractivity contribution in [2.75, 3.05) is 13.7 Å². The number of hydrogen-bond acceptors (Lipinski definition) is 4. The fourth-order valence-electron chi connectivity index (χ4n) is 3.88. The summed E-state index contributed by atoms with van der Waals surface area (Å²) in [6.45, 7) is 9.03. The second-order valence-corrected chi connectivity index (χ2v) is 6.87. The maximum absolute atomic E-state index is 6.21. The van der Waals surface area contributed by atoms with Gasteiger partial charge in [0.2, 0.25) is 0 Å². The highest BCUT2D eigenvalue weighted by molar-refractivity contribution is 5.54. The second kappa shape index (κ2) is 6.91. The van der Waals surface area contributed by atoms with Crippen molar-refractivity contribution in [2.24, 2.45) is 5.73 Å². The van der Waals surface area contributed by atoms with E-state index < -0.39 is 0 Å². The van der Waals surface area contributed by atoms with E-state index in [4.69, 9.17) is 10.5 Å². The monoisotopic (exact) mass is 325 g/mol. The number of pyridine rings is 1. The quantitative estimate of drug-likeness (QED) is 0.913. The average molecular weight is 325 g/mol. The number of fused-ring (bicyclic) bond motifs is 1. The molecule has 4 heteroatoms. The van der Waals surface area contributed by atoms with Gasteiger partial charge in [0.05, 0.1) is 7.11 Å². The molecule has 1 unspecified atom stereocenters. The molecule has 2 aromatic rings. The van der Waals surface area contributed by atoms with Crippen LogP contribution in [0.1, 0.15) is 53.6 Å². The van der Waals surface area contributed by atoms with Crippen molar-refractivity contribution in [3.8, 4) is 5.75 Å². The molecule has 2 N–H and O–H groups in total. The highest BCUT2D eigenvalue weighted by Gasteiger charge is 2.34. The Morgan fingerprint density at radius 3 is 2.79 bits per heavy atom. The molecule has 0 fully saturated rings. The van der Waals surface area contributed by atoms with Crippen LogP contribution in [0.4, 0.5) is 0 Å². The number of aryl methyl sites for hydroxylation is 1. The van der Waals surface area contributed by atoms with E-state index in [1.54, 1.807) is 7.11 Å². The van der Waals surface area contributed by atoms with E-state index in [9.17, 15) is 0 Å². The minimum Gasteiger partial charge on any atom is -0.496 e. The van der Waals surface area contributed by atoms with Crippen LogP contribution in [0.3, 0.4) is 0 Å². The van der Waals surface area contributed by atoms with E-state index in [0.29, 0.717) is 12.5 Å². The summed E-state index contributed by atoms with van der Waals surface area (Å²) in [5.41, 5.74) is 12.8. The van der Waals surface area contributed by atoms with Gasteiger partial charge in [-0.2, -0.15) is 0 Å². The molecule has 0 saturated heterocycles. The van der Waals surface area contributed by atoms with E-state index >= 15 is 0 Å². The van der Waals surface area contributed by atoms with Crippen LogP contribution < -0.4 is 10.5 Å². The minimum absolute atomic E-state index is 0.228. The second-order valence-electron chi connectivity index (χ2n) is 6.87. The first-order valence-electron chi connectivity index (χ1n) is 8.60. The van der Waals surface area contributed by atoms with Crippen LogP contribution in [0.25, 0.3) is 0 Å². The summed E-state index contributed by atoms with van der Waals surface area (Å²) in [7, 11) is 1.76. The van der Waals surface area contributed by atoms with Gasteiger partial charge in [0.1, 0.15) is 5.75 Å². The summed E-state index contributed by atoms with van der Waals surface area (Å²) in [4.78, 5) is 6.70. The number of methoxy groups -OCH3 is 1. The molecule has 128 valence electrons. The van der Waals surface area contributed by atoms with Gasteiger partial charge < -0.3 is 10.5 Å². The first-order chi connectivity index (χ1) is 11.6. The van der Waals surface area contributed by atoms with Gasteiger partial charge in [0.15, 0.2) is 0 Å². The summed E-state index contributed by atoms with van der Waals surface area (Å²) in [6.07, 6.45) is 3.75. The van der Waals surface area contributed by atoms with E-state index in [0.717, 1.165) is 18.8 Å². The summed E-state index contributed by atoms with van der Waals surface area (Å²) < 4.78 is 5.69. The zero-order valence-corrected chi connectivity index (χ0v) is 15.0. The molecule has 0 radical (unpaired) electrons. The topological polar surface area (TPSA) is 51.4 Å². The Bertz CT molecular complexity index is 713. The minimum atomic E-state index is 0.228. The lowest BCUT2D eigenvalue weighted by molar-refractivity contribution is 0.209. The van der Waals surface area contributed by atoms with Gasteiger partial charge in [-0.05, 0) is 47.2 Å². The van der Waals surface area contributed by atoms with E-state index in [-0.39, 0.29) is 6.04 Å². The van der Waals surface area contributed by atoms with Gasteiger partial charge in [-0.25, -0.2) is 0 Å². The number of rotatable bonds is 5. The molecule has 4 nitrogen and oxygen atoms in total. The van der Waals surface area contributed by atoms with E-state index in [1.165, 1.54) is 27.8 Å². The molecule has 24 heavy (non-hydrogen) atoms. The normalized spacial score (nSPS) is 17.3.